The molecule has 512 valence electrons. The highest BCUT2D eigenvalue weighted by Crippen LogP contribution is 2.63. The summed E-state index contributed by atoms with van der Waals surface area (Å²) in [5.41, 5.74) is -0.254. The van der Waals surface area contributed by atoms with E-state index in [9.17, 15) is 47.4 Å². The SMILES string of the molecule is C=CCCCCCCCCOP(=O)(O)C[C@H]1O[C@H](COC(=O)c2ccccc2)[C@@H](O[C@@H]2O[C@H](COP(=O)(CP(=O)(OC)OC)OC)[C@H](OC(=O)c3ccccc3)[C@H](OC(=O)c3ccccc3)[C@H]2OC(=O)c2ccccc2)[C@H](OC(=O)c2ccccc2)[C@@H]1OC(=O)c1ccccc1. The molecule has 0 radical (unpaired) electrons. The van der Waals surface area contributed by atoms with E-state index in [0.29, 0.717) is 12.8 Å². The third kappa shape index (κ3) is 21.4. The summed E-state index contributed by atoms with van der Waals surface area (Å²) in [5.74, 6) is -7.34. The average Bonchev–Trinajstić information content (AvgIpc) is 0.763. The summed E-state index contributed by atoms with van der Waals surface area (Å²) in [6, 6.07) is 45.2. The van der Waals surface area contributed by atoms with Crippen LogP contribution in [0.5, 0.6) is 0 Å². The predicted octanol–water partition coefficient (Wildman–Crippen LogP) is 12.3. The lowest BCUT2D eigenvalue weighted by molar-refractivity contribution is -0.337. The molecule has 2 fully saturated rings. The third-order valence-electron chi connectivity index (χ3n) is 15.4. The molecular formula is C69H77O24P3. The molecule has 1 N–H and O–H groups in total. The molecule has 2 aliphatic heterocycles. The number of carbonyl (C=O) groups excluding carboxylic acids is 6. The number of hydrogen-bond acceptors (Lipinski definition) is 23. The molecule has 0 aliphatic carbocycles. The monoisotopic (exact) mass is 1380 g/mol. The summed E-state index contributed by atoms with van der Waals surface area (Å²) in [5, 5.41) is 0. The summed E-state index contributed by atoms with van der Waals surface area (Å²) in [4.78, 5) is 99.4. The lowest BCUT2D eigenvalue weighted by Gasteiger charge is -2.49. The van der Waals surface area contributed by atoms with Gasteiger partial charge in [-0.25, -0.2) is 28.8 Å². The van der Waals surface area contributed by atoms with Crippen LogP contribution in [0, 0.1) is 0 Å². The maximum atomic E-state index is 14.9. The number of allylic oxidation sites excluding steroid dienone is 1. The van der Waals surface area contributed by atoms with Gasteiger partial charge in [-0.05, 0) is 92.1 Å². The van der Waals surface area contributed by atoms with Crippen molar-refractivity contribution in [2.45, 2.75) is 106 Å². The number of esters is 6. The molecule has 24 nitrogen and oxygen atoms in total. The molecule has 27 heteroatoms. The Balaban J connectivity index is 1.31. The van der Waals surface area contributed by atoms with Gasteiger partial charge in [0.05, 0.1) is 52.8 Å². The molecule has 0 amide bonds. The van der Waals surface area contributed by atoms with Gasteiger partial charge in [-0.3, -0.25) is 13.7 Å². The van der Waals surface area contributed by atoms with Gasteiger partial charge in [0.25, 0.3) is 0 Å². The van der Waals surface area contributed by atoms with Crippen molar-refractivity contribution < 1.29 is 113 Å². The molecule has 6 aromatic rings. The van der Waals surface area contributed by atoms with Gasteiger partial charge in [0.2, 0.25) is 0 Å². The Labute approximate surface area is 556 Å². The van der Waals surface area contributed by atoms with E-state index in [1.807, 2.05) is 6.08 Å². The second-order valence-electron chi connectivity index (χ2n) is 22.1. The first-order chi connectivity index (χ1) is 46.4. The maximum absolute atomic E-state index is 14.9. The molecule has 2 heterocycles. The smallest absolute Gasteiger partial charge is 0.342 e. The Hall–Kier alpha value is -7.79. The second-order valence-corrected chi connectivity index (χ2v) is 28.9. The highest BCUT2D eigenvalue weighted by atomic mass is 31.2. The van der Waals surface area contributed by atoms with Gasteiger partial charge < -0.3 is 70.1 Å². The van der Waals surface area contributed by atoms with E-state index in [0.717, 1.165) is 53.4 Å². The Kier molecular flexibility index (Phi) is 28.2. The van der Waals surface area contributed by atoms with Crippen molar-refractivity contribution >= 4 is 58.6 Å². The third-order valence-corrected chi connectivity index (χ3v) is 21.8. The van der Waals surface area contributed by atoms with Gasteiger partial charge in [-0.2, -0.15) is 0 Å². The van der Waals surface area contributed by atoms with Crippen molar-refractivity contribution in [3.05, 3.63) is 228 Å². The first-order valence-corrected chi connectivity index (χ1v) is 36.1. The molecule has 96 heavy (non-hydrogen) atoms. The van der Waals surface area contributed by atoms with E-state index < -0.39 is 145 Å². The Bertz CT molecular complexity index is 3620. The van der Waals surface area contributed by atoms with Crippen LogP contribution in [0.4, 0.5) is 0 Å². The molecule has 2 unspecified atom stereocenters. The molecule has 8 rings (SSSR count). The standard InChI is InChI=1S/C69H77O24P3/c1-5-6-7-8-9-10-11-30-43-84-94(76,77)46-56-59(89-65(72)50-35-22-14-23-36-50)60(90-66(73)51-37-24-15-25-38-51)58(54(86-56)44-83-63(70)48-31-18-12-19-32-48)93-69-62(92-68(75)53-41-28-17-29-42-53)61(91-67(74)52-39-26-16-27-40-52)57(88-64(71)49-33-20-13-21-34-49)55(87-69)45-85-96(79,82-4)47-95(78,80-2)81-3/h5,12-29,31-42,54-62,69H,1,6-11,30,43-47H2,2-4H3,(H,76,77)/t54-,55-,56-,57+,58-,59-,60+,61+,62-,69+,96?/m1/s1. The van der Waals surface area contributed by atoms with Crippen molar-refractivity contribution in [2.75, 3.05) is 53.2 Å². The minimum absolute atomic E-state index is 0.0418. The second kappa shape index (κ2) is 36.5. The van der Waals surface area contributed by atoms with Crippen LogP contribution < -0.4 is 0 Å². The molecule has 0 aromatic heterocycles. The molecule has 2 saturated heterocycles. The average molecular weight is 1380 g/mol. The van der Waals surface area contributed by atoms with Crippen molar-refractivity contribution in [3.63, 3.8) is 0 Å². The zero-order valence-electron chi connectivity index (χ0n) is 53.0. The summed E-state index contributed by atoms with van der Waals surface area (Å²) in [7, 11) is -10.7. The van der Waals surface area contributed by atoms with Gasteiger partial charge in [0.15, 0.2) is 42.7 Å². The van der Waals surface area contributed by atoms with Gasteiger partial charge in [-0.15, -0.1) is 6.58 Å². The van der Waals surface area contributed by atoms with Crippen molar-refractivity contribution in [1.82, 2.24) is 0 Å². The van der Waals surface area contributed by atoms with E-state index in [4.69, 9.17) is 65.3 Å². The first-order valence-electron chi connectivity index (χ1n) is 30.9. The topological polar surface area (TPSA) is 303 Å². The van der Waals surface area contributed by atoms with E-state index in [2.05, 4.69) is 6.58 Å². The summed E-state index contributed by atoms with van der Waals surface area (Å²) >= 11 is 0. The van der Waals surface area contributed by atoms with Crippen LogP contribution in [0.3, 0.4) is 0 Å². The van der Waals surface area contributed by atoms with E-state index >= 15 is 0 Å². The summed E-state index contributed by atoms with van der Waals surface area (Å²) in [6.07, 6.45) is -13.6. The van der Waals surface area contributed by atoms with E-state index in [1.165, 1.54) is 121 Å². The first kappa shape index (κ1) is 74.0. The highest BCUT2D eigenvalue weighted by Gasteiger charge is 2.59. The van der Waals surface area contributed by atoms with Crippen LogP contribution in [-0.2, 0) is 78.9 Å². The number of hydrogen-bond donors (Lipinski definition) is 1. The lowest BCUT2D eigenvalue weighted by Crippen LogP contribution is -2.67. The number of rotatable bonds is 35. The van der Waals surface area contributed by atoms with Crippen LogP contribution in [-0.4, -0.2) is 155 Å². The molecule has 0 bridgehead atoms. The van der Waals surface area contributed by atoms with Gasteiger partial charge in [-0.1, -0.05) is 141 Å². The van der Waals surface area contributed by atoms with Crippen LogP contribution in [0.1, 0.15) is 107 Å². The normalized spacial score (nSPS) is 22.2. The fourth-order valence-electron chi connectivity index (χ4n) is 10.4. The largest absolute Gasteiger partial charge is 0.459 e. The van der Waals surface area contributed by atoms with E-state index in [-0.39, 0.29) is 40.0 Å². The summed E-state index contributed by atoms with van der Waals surface area (Å²) < 4.78 is 128. The molecule has 6 aromatic carbocycles. The number of unbranched alkanes of at least 4 members (excludes halogenated alkanes) is 6. The van der Waals surface area contributed by atoms with Crippen LogP contribution in [0.15, 0.2) is 195 Å². The van der Waals surface area contributed by atoms with Gasteiger partial charge >= 0.3 is 58.6 Å². The van der Waals surface area contributed by atoms with Gasteiger partial charge in [0.1, 0.15) is 31.0 Å². The van der Waals surface area contributed by atoms with Crippen LogP contribution in [0.25, 0.3) is 0 Å². The Morgan fingerprint density at radius 2 is 0.771 bits per heavy atom. The number of benzene rings is 6. The quantitative estimate of drug-likeness (QED) is 0.0127. The number of ether oxygens (including phenoxy) is 9. The molecular weight excluding hydrogens is 1310 g/mol. The highest BCUT2D eigenvalue weighted by molar-refractivity contribution is 7.71. The fraction of sp³-hybridized carbons (Fsp3) is 0.362. The zero-order valence-corrected chi connectivity index (χ0v) is 55.7. The maximum Gasteiger partial charge on any atom is 0.342 e. The van der Waals surface area contributed by atoms with Crippen LogP contribution >= 0.6 is 22.8 Å². The summed E-state index contributed by atoms with van der Waals surface area (Å²) in [6.45, 7) is 1.73. The molecule has 2 aliphatic rings. The Morgan fingerprint density at radius 1 is 0.417 bits per heavy atom. The minimum atomic E-state index is -4.83. The fourth-order valence-corrected chi connectivity index (χ4v) is 15.7. The Morgan fingerprint density at radius 3 is 1.19 bits per heavy atom. The van der Waals surface area contributed by atoms with E-state index in [1.54, 1.807) is 60.7 Å². The van der Waals surface area contributed by atoms with Crippen molar-refractivity contribution in [3.8, 4) is 0 Å². The van der Waals surface area contributed by atoms with Crippen molar-refractivity contribution in [2.24, 2.45) is 0 Å². The van der Waals surface area contributed by atoms with Gasteiger partial charge in [0, 0.05) is 21.3 Å². The zero-order chi connectivity index (χ0) is 68.5. The molecule has 0 saturated carbocycles. The minimum Gasteiger partial charge on any atom is -0.459 e. The van der Waals surface area contributed by atoms with Crippen molar-refractivity contribution in [1.29, 1.82) is 0 Å². The lowest BCUT2D eigenvalue weighted by atomic mass is 9.93. The number of carbonyl (C=O) groups is 6. The predicted molar refractivity (Wildman–Crippen MR) is 347 cm³/mol. The molecule has 12 atom stereocenters. The van der Waals surface area contributed by atoms with Crippen LogP contribution in [0.2, 0.25) is 0 Å². The molecule has 0 spiro atoms.